The highest BCUT2D eigenvalue weighted by atomic mass is 16.8. The van der Waals surface area contributed by atoms with Crippen LogP contribution in [0.4, 0.5) is 0 Å². The van der Waals surface area contributed by atoms with E-state index in [2.05, 4.69) is 0 Å². The van der Waals surface area contributed by atoms with E-state index >= 15 is 0 Å². The molecule has 0 saturated carbocycles. The Hall–Kier alpha value is -1.76. The normalized spacial score (nSPS) is 54.5. The van der Waals surface area contributed by atoms with Gasteiger partial charge in [-0.1, -0.05) is 0 Å². The summed E-state index contributed by atoms with van der Waals surface area (Å²) < 4.78 is 95.8. The molecule has 9 fully saturated rings. The van der Waals surface area contributed by atoms with Gasteiger partial charge >= 0.3 is 0 Å². The Labute approximate surface area is 553 Å². The van der Waals surface area contributed by atoms with Gasteiger partial charge in [-0.2, -0.15) is 0 Å². The Balaban J connectivity index is 0.817. The standard InChI is InChI=1S/C54H92O44/c1-10-19(56)28(65)42(79)51(88-10)97-44-35(72)27(64)18(95-53(44)86-4-13-22(59)30(67)37(74)46(81)90-13)8-85-50-40(77)33(70)24(61)15(93-50)5-83-48-39(76)32(69)23(60)14(92-48)6-84-49-41(78)34(71)25(62)16(94-49)9-87-54-45(98-52-43(80)29(66)20(57)11(2)89-52)36(73)26(63)17(96-54)7-82-47-38(75)31(68)21(58)12(3-55)91-47/h10-81H,3-9H2,1-2H3/t10-,11-,12+,13+,14+,15+,16+,17+,18+,19+,20+,21-,22-,23-,24-,25-,26-,27-,28+,29+,30-,31-,32-,33-,34-,35-,36-,37+,38+,39+,40+,41+,42-,43-,44+,45+,46-,47-,48-,49-,50-,51-,52-,53-,54-/m0/s1. The summed E-state index contributed by atoms with van der Waals surface area (Å²) in [6, 6.07) is 0. The molecule has 9 aliphatic heterocycles. The summed E-state index contributed by atoms with van der Waals surface area (Å²) in [5.41, 5.74) is 0. The van der Waals surface area contributed by atoms with Crippen LogP contribution in [0.3, 0.4) is 0 Å². The Morgan fingerprint density at radius 2 is 0.418 bits per heavy atom. The fourth-order valence-corrected chi connectivity index (χ4v) is 12.2. The van der Waals surface area contributed by atoms with Crippen molar-refractivity contribution in [2.75, 3.05) is 46.2 Å². The molecule has 0 aliphatic carbocycles. The molecule has 9 saturated heterocycles. The first kappa shape index (κ1) is 80.3. The van der Waals surface area contributed by atoms with Crippen molar-refractivity contribution in [3.8, 4) is 0 Å². The second-order valence-corrected chi connectivity index (χ2v) is 25.4. The molecular weight excluding hydrogens is 1350 g/mol. The molecule has 0 spiro atoms. The zero-order valence-corrected chi connectivity index (χ0v) is 51.9. The fourth-order valence-electron chi connectivity index (χ4n) is 12.2. The van der Waals surface area contributed by atoms with Gasteiger partial charge in [0.2, 0.25) is 0 Å². The first-order chi connectivity index (χ1) is 46.2. The molecule has 9 aliphatic rings. The van der Waals surface area contributed by atoms with Gasteiger partial charge in [-0.25, -0.2) is 0 Å². The molecule has 572 valence electrons. The van der Waals surface area contributed by atoms with E-state index in [4.69, 9.17) is 80.5 Å². The van der Waals surface area contributed by atoms with E-state index in [1.54, 1.807) is 0 Å². The quantitative estimate of drug-likeness (QED) is 0.0452. The first-order valence-corrected chi connectivity index (χ1v) is 31.4. The highest BCUT2D eigenvalue weighted by molar-refractivity contribution is 4.99. The molecule has 9 rings (SSSR count). The van der Waals surface area contributed by atoms with Crippen molar-refractivity contribution in [3.63, 3.8) is 0 Å². The third kappa shape index (κ3) is 17.2. The third-order valence-electron chi connectivity index (χ3n) is 18.6. The smallest absolute Gasteiger partial charge is 0.187 e. The second-order valence-electron chi connectivity index (χ2n) is 25.4. The molecule has 0 aromatic rings. The minimum absolute atomic E-state index is 0.819. The van der Waals surface area contributed by atoms with E-state index in [-0.39, 0.29) is 0 Å². The van der Waals surface area contributed by atoms with E-state index in [9.17, 15) is 138 Å². The van der Waals surface area contributed by atoms with Crippen LogP contribution in [0.1, 0.15) is 13.8 Å². The molecule has 0 aromatic heterocycles. The second kappa shape index (κ2) is 34.2. The SMILES string of the molecule is C[C@@H]1O[C@@H](O[C@H]2[C@@H](OC[C@H]3O[C@H](O)[C@H](O)[C@@H](O)[C@H]3O)O[C@H](CO[C@H]3O[C@H](CO[C@H]4O[C@H](CO[C@H]5O[C@H](CO[C@H]6O[C@H](CO[C@H]7O[C@H](CO)[C@H](O)[C@H](O)[C@H]7O)[C@H](O)[C@H](O)[C@H]6O[C@@H]6O[C@@H](C)[C@@H](O)[C@@H](O)[C@@H]6O)[C@H](O)[C@H](O)[C@H]5O)[C@H](O)[C@H](O)[C@H]4O)[C@H](O)[C@H](O)[C@H]3O)[C@H](O)[C@@H]2O)[C@@H](O)[C@H](O)[C@@H]1O. The number of hydrogen-bond acceptors (Lipinski definition) is 44. The molecule has 0 amide bonds. The number of hydrogen-bond donors (Lipinski definition) is 27. The Morgan fingerprint density at radius 3 is 0.714 bits per heavy atom. The van der Waals surface area contributed by atoms with Crippen molar-refractivity contribution in [1.82, 2.24) is 0 Å². The topological polar surface area (TPSA) is 703 Å². The molecular formula is C54H92O44. The average molecular weight is 1450 g/mol. The molecule has 44 nitrogen and oxygen atoms in total. The molecule has 0 aromatic carbocycles. The van der Waals surface area contributed by atoms with Gasteiger partial charge in [0, 0.05) is 0 Å². The van der Waals surface area contributed by atoms with Crippen LogP contribution in [0.2, 0.25) is 0 Å². The van der Waals surface area contributed by atoms with Crippen molar-refractivity contribution >= 4 is 0 Å². The third-order valence-corrected chi connectivity index (χ3v) is 18.6. The van der Waals surface area contributed by atoms with Crippen molar-refractivity contribution in [2.24, 2.45) is 0 Å². The number of aliphatic hydroxyl groups excluding tert-OH is 27. The molecule has 44 heteroatoms. The maximum Gasteiger partial charge on any atom is 0.187 e. The average Bonchev–Trinajstić information content (AvgIpc) is 0.787. The van der Waals surface area contributed by atoms with E-state index in [1.165, 1.54) is 13.8 Å². The van der Waals surface area contributed by atoms with Crippen molar-refractivity contribution < 1.29 is 218 Å². The van der Waals surface area contributed by atoms with Gasteiger partial charge in [-0.15, -0.1) is 0 Å². The zero-order chi connectivity index (χ0) is 72.0. The first-order valence-electron chi connectivity index (χ1n) is 31.4. The predicted molar refractivity (Wildman–Crippen MR) is 294 cm³/mol. The molecule has 98 heavy (non-hydrogen) atoms. The van der Waals surface area contributed by atoms with Gasteiger partial charge in [-0.05, 0) is 13.8 Å². The number of aliphatic hydroxyl groups is 27. The Kier molecular flexibility index (Phi) is 28.0. The summed E-state index contributed by atoms with van der Waals surface area (Å²) in [7, 11) is 0. The molecule has 45 atom stereocenters. The summed E-state index contributed by atoms with van der Waals surface area (Å²) in [4.78, 5) is 0. The zero-order valence-electron chi connectivity index (χ0n) is 51.9. The van der Waals surface area contributed by atoms with Gasteiger partial charge in [-0.3, -0.25) is 0 Å². The summed E-state index contributed by atoms with van der Waals surface area (Å²) >= 11 is 0. The van der Waals surface area contributed by atoms with Gasteiger partial charge in [0.15, 0.2) is 56.6 Å². The van der Waals surface area contributed by atoms with Gasteiger partial charge in [0.1, 0.15) is 208 Å². The lowest BCUT2D eigenvalue weighted by atomic mass is 9.97. The Morgan fingerprint density at radius 1 is 0.204 bits per heavy atom. The lowest BCUT2D eigenvalue weighted by Gasteiger charge is -2.47. The lowest BCUT2D eigenvalue weighted by molar-refractivity contribution is -0.377. The monoisotopic (exact) mass is 1440 g/mol. The summed E-state index contributed by atoms with van der Waals surface area (Å²) in [6.07, 6.45) is -85.1. The molecule has 0 unspecified atom stereocenters. The highest BCUT2D eigenvalue weighted by Gasteiger charge is 2.57. The molecule has 27 N–H and O–H groups in total. The predicted octanol–water partition coefficient (Wildman–Crippen LogP) is -18.6. The maximum atomic E-state index is 11.5. The molecule has 0 radical (unpaired) electrons. The van der Waals surface area contributed by atoms with Crippen LogP contribution < -0.4 is 0 Å². The van der Waals surface area contributed by atoms with Gasteiger partial charge in [0.25, 0.3) is 0 Å². The van der Waals surface area contributed by atoms with Crippen molar-refractivity contribution in [1.29, 1.82) is 0 Å². The van der Waals surface area contributed by atoms with E-state index in [1.807, 2.05) is 0 Å². The lowest BCUT2D eigenvalue weighted by Crippen LogP contribution is -2.65. The van der Waals surface area contributed by atoms with Crippen LogP contribution in [0.5, 0.6) is 0 Å². The Bertz CT molecular complexity index is 2420. The molecule has 0 bridgehead atoms. The maximum absolute atomic E-state index is 11.5. The van der Waals surface area contributed by atoms with Crippen molar-refractivity contribution in [3.05, 3.63) is 0 Å². The summed E-state index contributed by atoms with van der Waals surface area (Å²) in [5, 5.41) is 289. The summed E-state index contributed by atoms with van der Waals surface area (Å²) in [6.45, 7) is -3.56. The number of ether oxygens (including phenoxy) is 17. The minimum atomic E-state index is -2.15. The van der Waals surface area contributed by atoms with Gasteiger partial charge in [0.05, 0.1) is 58.5 Å². The van der Waals surface area contributed by atoms with Crippen LogP contribution >= 0.6 is 0 Å². The largest absolute Gasteiger partial charge is 0.394 e. The van der Waals surface area contributed by atoms with E-state index in [0.29, 0.717) is 0 Å². The molecule has 9 heterocycles. The van der Waals surface area contributed by atoms with Crippen LogP contribution in [0.25, 0.3) is 0 Å². The minimum Gasteiger partial charge on any atom is -0.394 e. The summed E-state index contributed by atoms with van der Waals surface area (Å²) in [5.74, 6) is 0. The van der Waals surface area contributed by atoms with E-state index < -0.39 is 323 Å². The number of rotatable bonds is 23. The van der Waals surface area contributed by atoms with Crippen LogP contribution in [0.15, 0.2) is 0 Å². The van der Waals surface area contributed by atoms with Crippen LogP contribution in [-0.4, -0.2) is 460 Å². The highest BCUT2D eigenvalue weighted by Crippen LogP contribution is 2.36. The van der Waals surface area contributed by atoms with E-state index in [0.717, 1.165) is 0 Å². The van der Waals surface area contributed by atoms with Crippen LogP contribution in [0, 0.1) is 0 Å². The van der Waals surface area contributed by atoms with Crippen LogP contribution in [-0.2, 0) is 80.5 Å². The van der Waals surface area contributed by atoms with Crippen molar-refractivity contribution in [2.45, 2.75) is 290 Å². The van der Waals surface area contributed by atoms with Gasteiger partial charge < -0.3 is 218 Å². The fraction of sp³-hybridized carbons (Fsp3) is 1.00.